The highest BCUT2D eigenvalue weighted by Crippen LogP contribution is 2.40. The normalized spacial score (nSPS) is 17.7. The van der Waals surface area contributed by atoms with E-state index < -0.39 is 6.16 Å². The Morgan fingerprint density at radius 1 is 1.57 bits per heavy atom. The topological polar surface area (TPSA) is 84.4 Å². The molecule has 0 spiro atoms. The molecule has 0 aliphatic heterocycles. The van der Waals surface area contributed by atoms with Crippen LogP contribution in [0.3, 0.4) is 0 Å². The van der Waals surface area contributed by atoms with Crippen LogP contribution < -0.4 is 4.74 Å². The van der Waals surface area contributed by atoms with Gasteiger partial charge in [0, 0.05) is 29.7 Å². The zero-order valence-electron chi connectivity index (χ0n) is 12.1. The molecule has 0 amide bonds. The Morgan fingerprint density at radius 2 is 2.38 bits per heavy atom. The van der Waals surface area contributed by atoms with Crippen molar-refractivity contribution in [2.75, 3.05) is 13.7 Å². The first-order valence-corrected chi connectivity index (χ1v) is 7.01. The highest BCUT2D eigenvalue weighted by Gasteiger charge is 2.27. The molecule has 1 atom stereocenters. The van der Waals surface area contributed by atoms with Gasteiger partial charge in [-0.1, -0.05) is 0 Å². The lowest BCUT2D eigenvalue weighted by Gasteiger charge is -2.22. The number of carbonyl (C=O) groups is 1. The van der Waals surface area contributed by atoms with E-state index in [2.05, 4.69) is 9.97 Å². The Labute approximate surface area is 122 Å². The van der Waals surface area contributed by atoms with Crippen molar-refractivity contribution in [3.63, 3.8) is 0 Å². The van der Waals surface area contributed by atoms with Crippen molar-refractivity contribution in [1.82, 2.24) is 9.97 Å². The van der Waals surface area contributed by atoms with Crippen LogP contribution in [0.2, 0.25) is 0 Å². The number of methoxy groups -OCH3 is 1. The third kappa shape index (κ3) is 2.35. The number of nitrogens with one attached hydrogen (secondary N) is 1. The van der Waals surface area contributed by atoms with Gasteiger partial charge < -0.3 is 19.6 Å². The maximum Gasteiger partial charge on any atom is 0.512 e. The Hall–Kier alpha value is -2.08. The second-order valence-electron chi connectivity index (χ2n) is 5.41. The molecule has 112 valence electrons. The zero-order chi connectivity index (χ0) is 15.0. The first-order valence-electron chi connectivity index (χ1n) is 7.01. The highest BCUT2D eigenvalue weighted by molar-refractivity contribution is 5.89. The maximum atomic E-state index is 10.8. The van der Waals surface area contributed by atoms with Crippen LogP contribution in [-0.4, -0.2) is 34.9 Å². The van der Waals surface area contributed by atoms with E-state index >= 15 is 0 Å². The number of nitrogens with zero attached hydrogens (tertiary/aromatic N) is 1. The average Bonchev–Trinajstić information content (AvgIpc) is 2.82. The first kappa shape index (κ1) is 13.9. The number of aryl methyl sites for hydroxylation is 2. The van der Waals surface area contributed by atoms with Crippen molar-refractivity contribution in [2.45, 2.75) is 32.1 Å². The van der Waals surface area contributed by atoms with E-state index in [4.69, 9.17) is 14.6 Å². The minimum absolute atomic E-state index is 0.151. The predicted octanol–water partition coefficient (Wildman–Crippen LogP) is 2.99. The van der Waals surface area contributed by atoms with Gasteiger partial charge in [0.2, 0.25) is 5.88 Å². The summed E-state index contributed by atoms with van der Waals surface area (Å²) in [4.78, 5) is 18.3. The maximum absolute atomic E-state index is 10.8. The molecule has 2 aromatic heterocycles. The average molecular weight is 290 g/mol. The molecule has 2 heterocycles. The lowest BCUT2D eigenvalue weighted by atomic mass is 9.85. The smallest absolute Gasteiger partial charge is 0.449 e. The van der Waals surface area contributed by atoms with E-state index in [1.165, 1.54) is 11.3 Å². The molecule has 0 aromatic carbocycles. The van der Waals surface area contributed by atoms with Gasteiger partial charge in [-0.15, -0.1) is 0 Å². The zero-order valence-corrected chi connectivity index (χ0v) is 12.1. The van der Waals surface area contributed by atoms with Crippen LogP contribution in [0.15, 0.2) is 6.20 Å². The number of ether oxygens (including phenoxy) is 2. The number of rotatable bonds is 3. The number of aromatic amines is 1. The molecule has 0 saturated carbocycles. The highest BCUT2D eigenvalue weighted by atomic mass is 16.7. The molecular formula is C15H18N2O4. The summed E-state index contributed by atoms with van der Waals surface area (Å²) in [5.41, 5.74) is 4.12. The van der Waals surface area contributed by atoms with Crippen molar-refractivity contribution in [1.29, 1.82) is 0 Å². The Morgan fingerprint density at radius 3 is 3.10 bits per heavy atom. The summed E-state index contributed by atoms with van der Waals surface area (Å²) in [7, 11) is 1.70. The fourth-order valence-electron chi connectivity index (χ4n) is 3.29. The molecule has 6 nitrogen and oxygen atoms in total. The second-order valence-corrected chi connectivity index (χ2v) is 5.41. The first-order chi connectivity index (χ1) is 10.1. The van der Waals surface area contributed by atoms with E-state index in [1.807, 2.05) is 6.92 Å². The number of hydrogen-bond acceptors (Lipinski definition) is 4. The molecule has 1 aliphatic carbocycles. The van der Waals surface area contributed by atoms with E-state index in [1.54, 1.807) is 13.3 Å². The van der Waals surface area contributed by atoms with Crippen molar-refractivity contribution in [3.05, 3.63) is 23.0 Å². The minimum atomic E-state index is -1.34. The van der Waals surface area contributed by atoms with Gasteiger partial charge in [-0.3, -0.25) is 0 Å². The van der Waals surface area contributed by atoms with Gasteiger partial charge in [0.05, 0.1) is 18.3 Å². The number of H-pyrrole nitrogens is 1. The summed E-state index contributed by atoms with van der Waals surface area (Å²) in [5.74, 6) is 0.477. The largest absolute Gasteiger partial charge is 0.512 e. The third-order valence-electron chi connectivity index (χ3n) is 4.10. The third-order valence-corrected chi connectivity index (χ3v) is 4.10. The van der Waals surface area contributed by atoms with Crippen LogP contribution in [0, 0.1) is 6.92 Å². The lowest BCUT2D eigenvalue weighted by Crippen LogP contribution is -2.13. The predicted molar refractivity (Wildman–Crippen MR) is 77.0 cm³/mol. The lowest BCUT2D eigenvalue weighted by molar-refractivity contribution is 0.142. The monoisotopic (exact) mass is 290 g/mol. The van der Waals surface area contributed by atoms with Crippen LogP contribution in [-0.2, 0) is 11.2 Å². The van der Waals surface area contributed by atoms with Crippen molar-refractivity contribution < 1.29 is 19.4 Å². The van der Waals surface area contributed by atoms with Gasteiger partial charge in [-0.2, -0.15) is 0 Å². The summed E-state index contributed by atoms with van der Waals surface area (Å²) < 4.78 is 10.1. The Bertz CT molecular complexity index is 693. The summed E-state index contributed by atoms with van der Waals surface area (Å²) >= 11 is 0. The SMILES string of the molecule is COCC1CCCc2[nH]c3cnc(OC(=O)O)c(C)c3c21. The van der Waals surface area contributed by atoms with Gasteiger partial charge in [0.25, 0.3) is 0 Å². The number of pyridine rings is 1. The van der Waals surface area contributed by atoms with Crippen molar-refractivity contribution in [2.24, 2.45) is 0 Å². The molecular weight excluding hydrogens is 272 g/mol. The van der Waals surface area contributed by atoms with Crippen molar-refractivity contribution in [3.8, 4) is 5.88 Å². The molecule has 2 N–H and O–H groups in total. The summed E-state index contributed by atoms with van der Waals surface area (Å²) in [6.45, 7) is 2.51. The second kappa shape index (κ2) is 5.37. The molecule has 6 heteroatoms. The van der Waals surface area contributed by atoms with Crippen molar-refractivity contribution >= 4 is 17.1 Å². The Kier molecular flexibility index (Phi) is 3.55. The molecule has 0 radical (unpaired) electrons. The molecule has 1 aliphatic rings. The van der Waals surface area contributed by atoms with Crippen LogP contribution in [0.25, 0.3) is 10.9 Å². The molecule has 0 fully saturated rings. The van der Waals surface area contributed by atoms with Gasteiger partial charge in [-0.25, -0.2) is 9.78 Å². The Balaban J connectivity index is 2.17. The number of fused-ring (bicyclic) bond motifs is 3. The molecule has 0 saturated heterocycles. The number of aromatic nitrogens is 2. The minimum Gasteiger partial charge on any atom is -0.449 e. The van der Waals surface area contributed by atoms with E-state index in [9.17, 15) is 4.79 Å². The van der Waals surface area contributed by atoms with Crippen LogP contribution >= 0.6 is 0 Å². The number of hydrogen-bond donors (Lipinski definition) is 2. The van der Waals surface area contributed by atoms with Gasteiger partial charge in [0.15, 0.2) is 0 Å². The standard InChI is InChI=1S/C15H18N2O4/c1-8-12-11(6-16-14(8)21-15(18)19)17-10-5-3-4-9(7-20-2)13(10)12/h6,9,17H,3-5,7H2,1-2H3,(H,18,19). The van der Waals surface area contributed by atoms with Gasteiger partial charge in [-0.05, 0) is 31.7 Å². The fourth-order valence-corrected chi connectivity index (χ4v) is 3.29. The summed E-state index contributed by atoms with van der Waals surface area (Å²) in [6.07, 6.45) is 3.49. The van der Waals surface area contributed by atoms with E-state index in [-0.39, 0.29) is 5.88 Å². The van der Waals surface area contributed by atoms with E-state index in [0.717, 1.165) is 35.7 Å². The number of carboxylic acid groups (broad SMARTS) is 1. The van der Waals surface area contributed by atoms with Gasteiger partial charge in [0.1, 0.15) is 0 Å². The molecule has 0 bridgehead atoms. The molecule has 1 unspecified atom stereocenters. The van der Waals surface area contributed by atoms with Crippen LogP contribution in [0.4, 0.5) is 4.79 Å². The van der Waals surface area contributed by atoms with Gasteiger partial charge >= 0.3 is 6.16 Å². The molecule has 21 heavy (non-hydrogen) atoms. The van der Waals surface area contributed by atoms with Crippen LogP contribution in [0.5, 0.6) is 5.88 Å². The molecule has 3 rings (SSSR count). The summed E-state index contributed by atoms with van der Waals surface area (Å²) in [6, 6.07) is 0. The fraction of sp³-hybridized carbons (Fsp3) is 0.467. The van der Waals surface area contributed by atoms with E-state index in [0.29, 0.717) is 12.5 Å². The summed E-state index contributed by atoms with van der Waals surface area (Å²) in [5, 5.41) is 9.82. The molecule has 2 aromatic rings. The van der Waals surface area contributed by atoms with Crippen LogP contribution in [0.1, 0.15) is 35.6 Å². The quantitative estimate of drug-likeness (QED) is 0.849.